The monoisotopic (exact) mass is 247 g/mol. The van der Waals surface area contributed by atoms with Crippen molar-refractivity contribution in [1.29, 1.82) is 0 Å². The van der Waals surface area contributed by atoms with Gasteiger partial charge in [0.1, 0.15) is 0 Å². The van der Waals surface area contributed by atoms with E-state index in [-0.39, 0.29) is 0 Å². The van der Waals surface area contributed by atoms with Crippen LogP contribution in [0.1, 0.15) is 32.8 Å². The maximum atomic E-state index is 4.28. The van der Waals surface area contributed by atoms with Gasteiger partial charge in [-0.2, -0.15) is 0 Å². The molecule has 1 aliphatic rings. The molecule has 0 radical (unpaired) electrons. The molecule has 1 aromatic heterocycles. The van der Waals surface area contributed by atoms with E-state index in [1.807, 2.05) is 12.4 Å². The third kappa shape index (κ3) is 2.66. The van der Waals surface area contributed by atoms with Gasteiger partial charge in [-0.25, -0.2) is 0 Å². The number of anilines is 1. The summed E-state index contributed by atoms with van der Waals surface area (Å²) in [7, 11) is 0. The number of aromatic nitrogens is 1. The number of rotatable bonds is 3. The van der Waals surface area contributed by atoms with Gasteiger partial charge in [0.2, 0.25) is 0 Å². The first kappa shape index (κ1) is 13.3. The van der Waals surface area contributed by atoms with Gasteiger partial charge in [-0.15, -0.1) is 0 Å². The van der Waals surface area contributed by atoms with Crippen molar-refractivity contribution in [2.24, 2.45) is 5.92 Å². The van der Waals surface area contributed by atoms with Gasteiger partial charge in [0, 0.05) is 31.4 Å². The molecule has 0 aliphatic carbocycles. The van der Waals surface area contributed by atoms with Crippen LogP contribution in [0.2, 0.25) is 0 Å². The lowest BCUT2D eigenvalue weighted by Crippen LogP contribution is -2.57. The molecule has 3 nitrogen and oxygen atoms in total. The Balaban J connectivity index is 2.18. The number of aryl methyl sites for hydroxylation is 1. The predicted molar refractivity (Wildman–Crippen MR) is 77.0 cm³/mol. The smallest absolute Gasteiger partial charge is 0.0585 e. The molecule has 18 heavy (non-hydrogen) atoms. The molecule has 1 aliphatic heterocycles. The Morgan fingerprint density at radius 1 is 1.56 bits per heavy atom. The topological polar surface area (TPSA) is 28.2 Å². The van der Waals surface area contributed by atoms with Crippen molar-refractivity contribution in [2.75, 3.05) is 18.0 Å². The molecular formula is C15H25N3. The summed E-state index contributed by atoms with van der Waals surface area (Å²) in [4.78, 5) is 6.79. The molecule has 3 unspecified atom stereocenters. The molecule has 0 aromatic carbocycles. The zero-order valence-corrected chi connectivity index (χ0v) is 12.0. The second kappa shape index (κ2) is 5.70. The average molecular weight is 247 g/mol. The molecule has 3 atom stereocenters. The third-order valence-corrected chi connectivity index (χ3v) is 4.25. The maximum Gasteiger partial charge on any atom is 0.0585 e. The summed E-state index contributed by atoms with van der Waals surface area (Å²) in [5.41, 5.74) is 2.61. The highest BCUT2D eigenvalue weighted by Crippen LogP contribution is 2.24. The highest BCUT2D eigenvalue weighted by Gasteiger charge is 2.28. The van der Waals surface area contributed by atoms with Crippen molar-refractivity contribution < 1.29 is 0 Å². The minimum absolute atomic E-state index is 0.535. The van der Waals surface area contributed by atoms with Gasteiger partial charge in [-0.1, -0.05) is 20.3 Å². The summed E-state index contributed by atoms with van der Waals surface area (Å²) >= 11 is 0. The molecule has 3 heteroatoms. The second-order valence-corrected chi connectivity index (χ2v) is 5.56. The van der Waals surface area contributed by atoms with E-state index in [0.717, 1.165) is 19.0 Å². The van der Waals surface area contributed by atoms with Crippen molar-refractivity contribution in [3.8, 4) is 0 Å². The van der Waals surface area contributed by atoms with Crippen molar-refractivity contribution in [3.63, 3.8) is 0 Å². The van der Waals surface area contributed by atoms with Crippen LogP contribution in [-0.2, 0) is 0 Å². The first-order valence-electron chi connectivity index (χ1n) is 7.04. The summed E-state index contributed by atoms with van der Waals surface area (Å²) in [5, 5.41) is 3.68. The van der Waals surface area contributed by atoms with Crippen molar-refractivity contribution in [2.45, 2.75) is 46.2 Å². The Morgan fingerprint density at radius 3 is 3.00 bits per heavy atom. The van der Waals surface area contributed by atoms with E-state index in [1.165, 1.54) is 17.7 Å². The Kier molecular flexibility index (Phi) is 4.23. The van der Waals surface area contributed by atoms with Gasteiger partial charge in [0.25, 0.3) is 0 Å². The Hall–Kier alpha value is -1.09. The minimum atomic E-state index is 0.535. The number of nitrogens with zero attached hydrogens (tertiary/aromatic N) is 2. The molecule has 0 saturated carbocycles. The normalized spacial score (nSPS) is 26.1. The minimum Gasteiger partial charge on any atom is -0.365 e. The lowest BCUT2D eigenvalue weighted by atomic mass is 9.95. The summed E-state index contributed by atoms with van der Waals surface area (Å²) < 4.78 is 0. The van der Waals surface area contributed by atoms with E-state index in [4.69, 9.17) is 0 Å². The molecule has 0 spiro atoms. The molecule has 2 heterocycles. The summed E-state index contributed by atoms with van der Waals surface area (Å²) in [6, 6.07) is 3.22. The molecule has 0 amide bonds. The first-order chi connectivity index (χ1) is 8.63. The summed E-state index contributed by atoms with van der Waals surface area (Å²) in [5.74, 6) is 0.719. The van der Waals surface area contributed by atoms with Gasteiger partial charge in [0.05, 0.1) is 11.9 Å². The Labute approximate surface area is 111 Å². The van der Waals surface area contributed by atoms with Crippen LogP contribution in [0.4, 0.5) is 5.69 Å². The van der Waals surface area contributed by atoms with Gasteiger partial charge in [0.15, 0.2) is 0 Å². The van der Waals surface area contributed by atoms with E-state index >= 15 is 0 Å². The van der Waals surface area contributed by atoms with Gasteiger partial charge in [-0.05, 0) is 31.4 Å². The highest BCUT2D eigenvalue weighted by molar-refractivity contribution is 5.52. The lowest BCUT2D eigenvalue weighted by Gasteiger charge is -2.42. The molecule has 1 aromatic rings. The fourth-order valence-electron chi connectivity index (χ4n) is 2.65. The van der Waals surface area contributed by atoms with E-state index in [2.05, 4.69) is 49.0 Å². The summed E-state index contributed by atoms with van der Waals surface area (Å²) in [6.07, 6.45) is 5.11. The van der Waals surface area contributed by atoms with Crippen molar-refractivity contribution in [3.05, 3.63) is 24.0 Å². The second-order valence-electron chi connectivity index (χ2n) is 5.56. The zero-order valence-electron chi connectivity index (χ0n) is 12.0. The maximum absolute atomic E-state index is 4.28. The molecule has 1 saturated heterocycles. The fraction of sp³-hybridized carbons (Fsp3) is 0.667. The average Bonchev–Trinajstić information content (AvgIpc) is 2.39. The number of nitrogens with one attached hydrogen (secondary N) is 1. The summed E-state index contributed by atoms with van der Waals surface area (Å²) in [6.45, 7) is 11.2. The number of hydrogen-bond donors (Lipinski definition) is 1. The molecule has 100 valence electrons. The van der Waals surface area contributed by atoms with Crippen LogP contribution < -0.4 is 10.2 Å². The van der Waals surface area contributed by atoms with Gasteiger partial charge in [-0.3, -0.25) is 4.98 Å². The SMILES string of the molecule is CCC(C)C1CN(c2cnccc2C)C(C)CN1. The highest BCUT2D eigenvalue weighted by atomic mass is 15.2. The zero-order chi connectivity index (χ0) is 13.1. The van der Waals surface area contributed by atoms with Gasteiger partial charge < -0.3 is 10.2 Å². The number of hydrogen-bond acceptors (Lipinski definition) is 3. The van der Waals surface area contributed by atoms with Crippen LogP contribution in [-0.4, -0.2) is 30.2 Å². The molecule has 2 rings (SSSR count). The molecule has 1 N–H and O–H groups in total. The van der Waals surface area contributed by atoms with Crippen molar-refractivity contribution in [1.82, 2.24) is 10.3 Å². The van der Waals surface area contributed by atoms with Crippen LogP contribution in [0.5, 0.6) is 0 Å². The quantitative estimate of drug-likeness (QED) is 0.890. The van der Waals surface area contributed by atoms with Crippen LogP contribution in [0.15, 0.2) is 18.5 Å². The van der Waals surface area contributed by atoms with E-state index in [9.17, 15) is 0 Å². The van der Waals surface area contributed by atoms with Crippen LogP contribution in [0, 0.1) is 12.8 Å². The van der Waals surface area contributed by atoms with Crippen molar-refractivity contribution >= 4 is 5.69 Å². The number of piperazine rings is 1. The molecule has 0 bridgehead atoms. The van der Waals surface area contributed by atoms with E-state index < -0.39 is 0 Å². The number of pyridine rings is 1. The third-order valence-electron chi connectivity index (χ3n) is 4.25. The Morgan fingerprint density at radius 2 is 2.33 bits per heavy atom. The van der Waals surface area contributed by atoms with Gasteiger partial charge >= 0.3 is 0 Å². The largest absolute Gasteiger partial charge is 0.365 e. The lowest BCUT2D eigenvalue weighted by molar-refractivity contribution is 0.315. The molecular weight excluding hydrogens is 222 g/mol. The Bertz CT molecular complexity index is 391. The first-order valence-corrected chi connectivity index (χ1v) is 7.04. The molecule has 1 fully saturated rings. The van der Waals surface area contributed by atoms with Crippen LogP contribution in [0.3, 0.4) is 0 Å². The van der Waals surface area contributed by atoms with Crippen LogP contribution >= 0.6 is 0 Å². The van der Waals surface area contributed by atoms with E-state index in [0.29, 0.717) is 12.1 Å². The standard InChI is InChI=1S/C15H25N3/c1-5-11(2)14-10-18(13(4)8-17-14)15-9-16-7-6-12(15)3/h6-7,9,11,13-14,17H,5,8,10H2,1-4H3. The fourth-order valence-corrected chi connectivity index (χ4v) is 2.65. The van der Waals surface area contributed by atoms with E-state index in [1.54, 1.807) is 0 Å². The predicted octanol–water partition coefficient (Wildman–Crippen LogP) is 2.60. The van der Waals surface area contributed by atoms with Crippen LogP contribution in [0.25, 0.3) is 0 Å².